The summed E-state index contributed by atoms with van der Waals surface area (Å²) in [4.78, 5) is 2.64. The van der Waals surface area contributed by atoms with Gasteiger partial charge >= 0.3 is 0 Å². The molecule has 0 aromatic heterocycles. The molecule has 14 heavy (non-hydrogen) atoms. The van der Waals surface area contributed by atoms with Gasteiger partial charge in [0.1, 0.15) is 0 Å². The van der Waals surface area contributed by atoms with Gasteiger partial charge in [-0.1, -0.05) is 0 Å². The first-order valence-corrected chi connectivity index (χ1v) is 5.81. The quantitative estimate of drug-likeness (QED) is 0.715. The Hall–Kier alpha value is -0.120. The van der Waals surface area contributed by atoms with Gasteiger partial charge in [-0.15, -0.1) is 0 Å². The molecule has 2 aliphatic carbocycles. The Balaban J connectivity index is 1.83. The van der Waals surface area contributed by atoms with Crippen LogP contribution in [-0.2, 0) is 4.74 Å². The predicted molar refractivity (Wildman–Crippen MR) is 57.2 cm³/mol. The SMILES string of the molecule is COCCN(C1CC1)C1CCC(N)C1. The molecule has 0 spiro atoms. The molecule has 2 unspecified atom stereocenters. The second-order valence-electron chi connectivity index (χ2n) is 4.69. The van der Waals surface area contributed by atoms with E-state index in [9.17, 15) is 0 Å². The van der Waals surface area contributed by atoms with E-state index in [4.69, 9.17) is 10.5 Å². The first kappa shape index (κ1) is 10.4. The fourth-order valence-electron chi connectivity index (χ4n) is 2.56. The van der Waals surface area contributed by atoms with E-state index in [0.29, 0.717) is 6.04 Å². The second-order valence-corrected chi connectivity index (χ2v) is 4.69. The van der Waals surface area contributed by atoms with Crippen LogP contribution in [0.2, 0.25) is 0 Å². The molecular formula is C11H22N2O. The van der Waals surface area contributed by atoms with Crippen LogP contribution in [0.1, 0.15) is 32.1 Å². The Morgan fingerprint density at radius 3 is 2.43 bits per heavy atom. The summed E-state index contributed by atoms with van der Waals surface area (Å²) in [5.41, 5.74) is 5.95. The van der Waals surface area contributed by atoms with Gasteiger partial charge in [-0.3, -0.25) is 4.90 Å². The minimum absolute atomic E-state index is 0.448. The first-order valence-electron chi connectivity index (χ1n) is 5.81. The van der Waals surface area contributed by atoms with E-state index in [2.05, 4.69) is 4.90 Å². The Morgan fingerprint density at radius 1 is 1.21 bits per heavy atom. The summed E-state index contributed by atoms with van der Waals surface area (Å²) < 4.78 is 5.16. The number of nitrogens with zero attached hydrogens (tertiary/aromatic N) is 1. The zero-order chi connectivity index (χ0) is 9.97. The van der Waals surface area contributed by atoms with Crippen LogP contribution in [0.3, 0.4) is 0 Å². The molecule has 82 valence electrons. The van der Waals surface area contributed by atoms with Crippen molar-refractivity contribution in [2.24, 2.45) is 5.73 Å². The monoisotopic (exact) mass is 198 g/mol. The smallest absolute Gasteiger partial charge is 0.0589 e. The van der Waals surface area contributed by atoms with Gasteiger partial charge in [-0.25, -0.2) is 0 Å². The topological polar surface area (TPSA) is 38.5 Å². The largest absolute Gasteiger partial charge is 0.383 e. The normalized spacial score (nSPS) is 32.8. The van der Waals surface area contributed by atoms with E-state index < -0.39 is 0 Å². The Bertz CT molecular complexity index is 182. The van der Waals surface area contributed by atoms with Gasteiger partial charge in [0.25, 0.3) is 0 Å². The lowest BCUT2D eigenvalue weighted by Gasteiger charge is -2.28. The van der Waals surface area contributed by atoms with E-state index in [1.165, 1.54) is 32.1 Å². The van der Waals surface area contributed by atoms with Gasteiger partial charge in [0.05, 0.1) is 6.61 Å². The van der Waals surface area contributed by atoms with Crippen molar-refractivity contribution in [1.29, 1.82) is 0 Å². The highest BCUT2D eigenvalue weighted by Crippen LogP contribution is 2.33. The van der Waals surface area contributed by atoms with Crippen molar-refractivity contribution in [3.63, 3.8) is 0 Å². The van der Waals surface area contributed by atoms with Gasteiger partial charge in [-0.05, 0) is 32.1 Å². The lowest BCUT2D eigenvalue weighted by Crippen LogP contribution is -2.38. The molecule has 2 saturated carbocycles. The van der Waals surface area contributed by atoms with E-state index in [0.717, 1.165) is 25.2 Å². The number of methoxy groups -OCH3 is 1. The minimum atomic E-state index is 0.448. The summed E-state index contributed by atoms with van der Waals surface area (Å²) in [6.07, 6.45) is 6.47. The molecule has 0 amide bonds. The Labute approximate surface area is 86.6 Å². The molecule has 2 N–H and O–H groups in total. The van der Waals surface area contributed by atoms with Gasteiger partial charge in [0, 0.05) is 31.8 Å². The fraction of sp³-hybridized carbons (Fsp3) is 1.00. The summed E-state index contributed by atoms with van der Waals surface area (Å²) in [7, 11) is 1.78. The molecule has 3 nitrogen and oxygen atoms in total. The molecule has 2 rings (SSSR count). The number of rotatable bonds is 5. The molecule has 0 aromatic rings. The number of nitrogens with two attached hydrogens (primary N) is 1. The predicted octanol–water partition coefficient (Wildman–Crippen LogP) is 0.977. The van der Waals surface area contributed by atoms with Crippen molar-refractivity contribution < 1.29 is 4.74 Å². The van der Waals surface area contributed by atoms with Crippen LogP contribution in [0.4, 0.5) is 0 Å². The highest BCUT2D eigenvalue weighted by Gasteiger charge is 2.36. The van der Waals surface area contributed by atoms with Crippen molar-refractivity contribution in [3.05, 3.63) is 0 Å². The molecule has 0 aliphatic heterocycles. The third kappa shape index (κ3) is 2.47. The van der Waals surface area contributed by atoms with E-state index in [-0.39, 0.29) is 0 Å². The van der Waals surface area contributed by atoms with Crippen molar-refractivity contribution in [2.45, 2.75) is 50.2 Å². The highest BCUT2D eigenvalue weighted by atomic mass is 16.5. The van der Waals surface area contributed by atoms with E-state index in [1.54, 1.807) is 7.11 Å². The molecule has 0 radical (unpaired) electrons. The van der Waals surface area contributed by atoms with Crippen molar-refractivity contribution in [1.82, 2.24) is 4.90 Å². The maximum atomic E-state index is 5.95. The third-order valence-electron chi connectivity index (χ3n) is 3.48. The number of hydrogen-bond acceptors (Lipinski definition) is 3. The maximum absolute atomic E-state index is 5.95. The summed E-state index contributed by atoms with van der Waals surface area (Å²) in [5.74, 6) is 0. The van der Waals surface area contributed by atoms with E-state index >= 15 is 0 Å². The van der Waals surface area contributed by atoms with Crippen LogP contribution in [0.15, 0.2) is 0 Å². The molecule has 3 heteroatoms. The lowest BCUT2D eigenvalue weighted by molar-refractivity contribution is 0.114. The van der Waals surface area contributed by atoms with Crippen LogP contribution >= 0.6 is 0 Å². The molecule has 0 saturated heterocycles. The second kappa shape index (κ2) is 4.60. The van der Waals surface area contributed by atoms with Crippen molar-refractivity contribution in [2.75, 3.05) is 20.3 Å². The van der Waals surface area contributed by atoms with Crippen molar-refractivity contribution >= 4 is 0 Å². The van der Waals surface area contributed by atoms with Gasteiger partial charge in [0.2, 0.25) is 0 Å². The van der Waals surface area contributed by atoms with Crippen LogP contribution in [0.25, 0.3) is 0 Å². The summed E-state index contributed by atoms with van der Waals surface area (Å²) >= 11 is 0. The third-order valence-corrected chi connectivity index (χ3v) is 3.48. The van der Waals surface area contributed by atoms with Crippen LogP contribution < -0.4 is 5.73 Å². The molecular weight excluding hydrogens is 176 g/mol. The molecule has 2 fully saturated rings. The van der Waals surface area contributed by atoms with E-state index in [1.807, 2.05) is 0 Å². The summed E-state index contributed by atoms with van der Waals surface area (Å²) in [5, 5.41) is 0. The summed E-state index contributed by atoms with van der Waals surface area (Å²) in [6, 6.07) is 2.04. The van der Waals surface area contributed by atoms with Crippen LogP contribution in [0.5, 0.6) is 0 Å². The number of ether oxygens (including phenoxy) is 1. The van der Waals surface area contributed by atoms with Crippen molar-refractivity contribution in [3.8, 4) is 0 Å². The molecule has 2 aliphatic rings. The number of hydrogen-bond donors (Lipinski definition) is 1. The van der Waals surface area contributed by atoms with Gasteiger partial charge in [-0.2, -0.15) is 0 Å². The molecule has 0 bridgehead atoms. The van der Waals surface area contributed by atoms with Crippen LogP contribution in [-0.4, -0.2) is 43.3 Å². The standard InChI is InChI=1S/C11H22N2O/c1-14-7-6-13(10-4-5-10)11-3-2-9(12)8-11/h9-11H,2-8,12H2,1H3. The lowest BCUT2D eigenvalue weighted by atomic mass is 10.2. The van der Waals surface area contributed by atoms with Gasteiger partial charge in [0.15, 0.2) is 0 Å². The minimum Gasteiger partial charge on any atom is -0.383 e. The average Bonchev–Trinajstić information content (AvgIpc) is 2.91. The van der Waals surface area contributed by atoms with Crippen LogP contribution in [0, 0.1) is 0 Å². The fourth-order valence-corrected chi connectivity index (χ4v) is 2.56. The maximum Gasteiger partial charge on any atom is 0.0589 e. The zero-order valence-electron chi connectivity index (χ0n) is 9.11. The Kier molecular flexibility index (Phi) is 3.42. The Morgan fingerprint density at radius 2 is 1.93 bits per heavy atom. The first-order chi connectivity index (χ1) is 6.81. The molecule has 0 aromatic carbocycles. The summed E-state index contributed by atoms with van der Waals surface area (Å²) in [6.45, 7) is 1.96. The molecule has 2 atom stereocenters. The molecule has 0 heterocycles. The average molecular weight is 198 g/mol. The highest BCUT2D eigenvalue weighted by molar-refractivity contribution is 4.93. The zero-order valence-corrected chi connectivity index (χ0v) is 9.11. The van der Waals surface area contributed by atoms with Gasteiger partial charge < -0.3 is 10.5 Å².